The Labute approximate surface area is 146 Å². The predicted octanol–water partition coefficient (Wildman–Crippen LogP) is 1.35. The maximum absolute atomic E-state index is 8.94. The van der Waals surface area contributed by atoms with Crippen molar-refractivity contribution in [2.45, 2.75) is 56.6 Å². The van der Waals surface area contributed by atoms with Crippen molar-refractivity contribution in [1.29, 1.82) is 0 Å². The summed E-state index contributed by atoms with van der Waals surface area (Å²) in [7, 11) is 0. The number of ether oxygens (including phenoxy) is 6. The van der Waals surface area contributed by atoms with E-state index < -0.39 is 18.4 Å². The van der Waals surface area contributed by atoms with Crippen molar-refractivity contribution in [3.8, 4) is 0 Å². The van der Waals surface area contributed by atoms with Crippen molar-refractivity contribution in [3.05, 3.63) is 35.9 Å². The second-order valence-corrected chi connectivity index (χ2v) is 6.89. The fourth-order valence-electron chi connectivity index (χ4n) is 3.53. The van der Waals surface area contributed by atoms with E-state index in [0.29, 0.717) is 6.61 Å². The fraction of sp³-hybridized carbons (Fsp3) is 0.667. The maximum Gasteiger partial charge on any atom is 0.190 e. The molecular weight excluding hydrogens is 328 g/mol. The molecule has 6 atom stereocenters. The lowest BCUT2D eigenvalue weighted by Gasteiger charge is -2.39. The average molecular weight is 352 g/mol. The van der Waals surface area contributed by atoms with E-state index in [1.807, 2.05) is 44.2 Å². The first kappa shape index (κ1) is 17.4. The number of hydrogen-bond acceptors (Lipinski definition) is 7. The lowest BCUT2D eigenvalue weighted by molar-refractivity contribution is -0.315. The van der Waals surface area contributed by atoms with Crippen molar-refractivity contribution in [1.82, 2.24) is 0 Å². The Kier molecular flexibility index (Phi) is 4.81. The van der Waals surface area contributed by atoms with Crippen LogP contribution in [0, 0.1) is 0 Å². The van der Waals surface area contributed by atoms with Gasteiger partial charge in [0.2, 0.25) is 0 Å². The van der Waals surface area contributed by atoms with Crippen LogP contribution in [0.2, 0.25) is 0 Å². The standard InChI is InChI=1S/C18H24O7/c1-18(2)24-15-14-13(22-17(15)25-18)12(10-20-9-8-19)21-16(23-14)11-6-4-3-5-7-11/h3-7,12-17,19H,8-10H2,1-2H3/t12?,13-,14-,15?,16?,17-/m1/s1. The molecule has 7 heteroatoms. The number of aliphatic hydroxyl groups excluding tert-OH is 1. The van der Waals surface area contributed by atoms with Crippen LogP contribution in [0.25, 0.3) is 0 Å². The highest BCUT2D eigenvalue weighted by Crippen LogP contribution is 2.44. The molecule has 0 aromatic heterocycles. The highest BCUT2D eigenvalue weighted by atomic mass is 16.9. The Bertz CT molecular complexity index is 578. The minimum atomic E-state index is -0.701. The van der Waals surface area contributed by atoms with Crippen LogP contribution in [0.1, 0.15) is 25.7 Å². The molecule has 1 N–H and O–H groups in total. The van der Waals surface area contributed by atoms with E-state index in [1.165, 1.54) is 0 Å². The molecule has 1 aromatic rings. The van der Waals surface area contributed by atoms with E-state index in [0.717, 1.165) is 5.56 Å². The maximum atomic E-state index is 8.94. The summed E-state index contributed by atoms with van der Waals surface area (Å²) in [4.78, 5) is 0. The summed E-state index contributed by atoms with van der Waals surface area (Å²) in [5.74, 6) is -0.701. The summed E-state index contributed by atoms with van der Waals surface area (Å²) >= 11 is 0. The van der Waals surface area contributed by atoms with Crippen LogP contribution in [0.3, 0.4) is 0 Å². The van der Waals surface area contributed by atoms with Crippen LogP contribution in [0.5, 0.6) is 0 Å². The van der Waals surface area contributed by atoms with Crippen LogP contribution in [0.4, 0.5) is 0 Å². The SMILES string of the molecule is CC1(C)OC2[C@H](O[C@@H]3C(COCCO)OC(c4ccccc4)O[C@@H]23)O1. The van der Waals surface area contributed by atoms with Crippen LogP contribution >= 0.6 is 0 Å². The summed E-state index contributed by atoms with van der Waals surface area (Å²) in [6.07, 6.45) is -2.31. The minimum Gasteiger partial charge on any atom is -0.394 e. The molecule has 0 amide bonds. The molecule has 3 heterocycles. The topological polar surface area (TPSA) is 75.6 Å². The third-order valence-corrected chi connectivity index (χ3v) is 4.56. The lowest BCUT2D eigenvalue weighted by Crippen LogP contribution is -2.51. The van der Waals surface area contributed by atoms with Crippen molar-refractivity contribution >= 4 is 0 Å². The van der Waals surface area contributed by atoms with Crippen molar-refractivity contribution in [2.24, 2.45) is 0 Å². The van der Waals surface area contributed by atoms with Crippen LogP contribution in [-0.4, -0.2) is 61.4 Å². The Hall–Kier alpha value is -1.06. The first-order chi connectivity index (χ1) is 12.1. The molecule has 3 saturated heterocycles. The summed E-state index contributed by atoms with van der Waals surface area (Å²) in [5, 5.41) is 8.94. The molecule has 0 aliphatic carbocycles. The molecule has 0 spiro atoms. The zero-order valence-corrected chi connectivity index (χ0v) is 14.4. The first-order valence-electron chi connectivity index (χ1n) is 8.63. The van der Waals surface area contributed by atoms with Crippen molar-refractivity contribution < 1.29 is 33.5 Å². The molecule has 138 valence electrons. The van der Waals surface area contributed by atoms with Gasteiger partial charge in [-0.1, -0.05) is 30.3 Å². The number of rotatable bonds is 5. The van der Waals surface area contributed by atoms with Gasteiger partial charge in [-0.15, -0.1) is 0 Å². The molecule has 3 aliphatic rings. The van der Waals surface area contributed by atoms with Crippen LogP contribution in [-0.2, 0) is 28.4 Å². The smallest absolute Gasteiger partial charge is 0.190 e. The average Bonchev–Trinajstić information content (AvgIpc) is 3.08. The number of benzene rings is 1. The molecule has 0 saturated carbocycles. The van der Waals surface area contributed by atoms with E-state index in [9.17, 15) is 0 Å². The molecular formula is C18H24O7. The van der Waals surface area contributed by atoms with Crippen LogP contribution < -0.4 is 0 Å². The lowest BCUT2D eigenvalue weighted by atomic mass is 10.0. The molecule has 0 radical (unpaired) electrons. The fourth-order valence-corrected chi connectivity index (χ4v) is 3.53. The van der Waals surface area contributed by atoms with Gasteiger partial charge in [0.25, 0.3) is 0 Å². The highest BCUT2D eigenvalue weighted by molar-refractivity contribution is 5.17. The highest BCUT2D eigenvalue weighted by Gasteiger charge is 2.60. The van der Waals surface area contributed by atoms with Gasteiger partial charge < -0.3 is 33.5 Å². The second-order valence-electron chi connectivity index (χ2n) is 6.89. The summed E-state index contributed by atoms with van der Waals surface area (Å²) in [6, 6.07) is 9.75. The van der Waals surface area contributed by atoms with Crippen molar-refractivity contribution in [3.63, 3.8) is 0 Å². The first-order valence-corrected chi connectivity index (χ1v) is 8.63. The van der Waals surface area contributed by atoms with Gasteiger partial charge in [0, 0.05) is 5.56 Å². The molecule has 7 nitrogen and oxygen atoms in total. The number of hydrogen-bond donors (Lipinski definition) is 1. The normalized spacial score (nSPS) is 39.2. The molecule has 4 rings (SSSR count). The molecule has 1 aromatic carbocycles. The summed E-state index contributed by atoms with van der Waals surface area (Å²) in [6.45, 7) is 4.24. The monoisotopic (exact) mass is 352 g/mol. The Morgan fingerprint density at radius 3 is 2.56 bits per heavy atom. The Morgan fingerprint density at radius 2 is 1.80 bits per heavy atom. The van der Waals surface area contributed by atoms with Gasteiger partial charge in [0.1, 0.15) is 24.4 Å². The molecule has 3 fully saturated rings. The summed E-state index contributed by atoms with van der Waals surface area (Å²) < 4.78 is 35.6. The number of fused-ring (bicyclic) bond motifs is 3. The predicted molar refractivity (Wildman–Crippen MR) is 85.5 cm³/mol. The van der Waals surface area contributed by atoms with Gasteiger partial charge in [-0.05, 0) is 13.8 Å². The zero-order chi connectivity index (χ0) is 17.4. The quantitative estimate of drug-likeness (QED) is 0.802. The minimum absolute atomic E-state index is 0.0358. The van der Waals surface area contributed by atoms with Gasteiger partial charge in [-0.25, -0.2) is 0 Å². The Morgan fingerprint density at radius 1 is 1.00 bits per heavy atom. The third kappa shape index (κ3) is 3.46. The van der Waals surface area contributed by atoms with Gasteiger partial charge in [-0.3, -0.25) is 0 Å². The summed E-state index contributed by atoms with van der Waals surface area (Å²) in [5.41, 5.74) is 0.926. The third-order valence-electron chi connectivity index (χ3n) is 4.56. The van der Waals surface area contributed by atoms with E-state index in [2.05, 4.69) is 0 Å². The zero-order valence-electron chi connectivity index (χ0n) is 14.4. The van der Waals surface area contributed by atoms with Gasteiger partial charge in [-0.2, -0.15) is 0 Å². The Balaban J connectivity index is 1.54. The van der Waals surface area contributed by atoms with Crippen LogP contribution in [0.15, 0.2) is 30.3 Å². The van der Waals surface area contributed by atoms with E-state index in [1.54, 1.807) is 0 Å². The van der Waals surface area contributed by atoms with Crippen molar-refractivity contribution in [2.75, 3.05) is 19.8 Å². The molecule has 3 unspecified atom stereocenters. The van der Waals surface area contributed by atoms with Gasteiger partial charge >= 0.3 is 0 Å². The molecule has 25 heavy (non-hydrogen) atoms. The molecule has 0 bridgehead atoms. The number of aliphatic hydroxyl groups is 1. The largest absolute Gasteiger partial charge is 0.394 e. The van der Waals surface area contributed by atoms with E-state index in [4.69, 9.17) is 33.5 Å². The van der Waals surface area contributed by atoms with Gasteiger partial charge in [0.15, 0.2) is 18.4 Å². The second kappa shape index (κ2) is 6.92. The van der Waals surface area contributed by atoms with Gasteiger partial charge in [0.05, 0.1) is 19.8 Å². The molecule has 3 aliphatic heterocycles. The van der Waals surface area contributed by atoms with E-state index in [-0.39, 0.29) is 37.6 Å². The van der Waals surface area contributed by atoms with E-state index >= 15 is 0 Å².